The number of benzene rings is 2. The molecule has 0 amide bonds. The van der Waals surface area contributed by atoms with Gasteiger partial charge in [-0.3, -0.25) is 0 Å². The van der Waals surface area contributed by atoms with Crippen molar-refractivity contribution in [2.24, 2.45) is 0 Å². The number of hydrogen-bond donors (Lipinski definition) is 1. The lowest BCUT2D eigenvalue weighted by Gasteiger charge is -2.09. The molecule has 0 fully saturated rings. The number of aromatic carboxylic acids is 1. The highest BCUT2D eigenvalue weighted by Crippen LogP contribution is 2.31. The second-order valence-electron chi connectivity index (χ2n) is 4.58. The van der Waals surface area contributed by atoms with Crippen molar-refractivity contribution in [1.82, 2.24) is 4.98 Å². The van der Waals surface area contributed by atoms with Gasteiger partial charge in [-0.15, -0.1) is 11.8 Å². The Kier molecular flexibility index (Phi) is 3.62. The number of thioether (sulfide) groups is 1. The number of fused-ring (bicyclic) bond motifs is 1. The van der Waals surface area contributed by atoms with E-state index in [0.717, 1.165) is 10.5 Å². The van der Waals surface area contributed by atoms with Crippen LogP contribution in [0.4, 0.5) is 0 Å². The van der Waals surface area contributed by atoms with Crippen LogP contribution in [0.3, 0.4) is 0 Å². The van der Waals surface area contributed by atoms with Crippen LogP contribution in [0.5, 0.6) is 0 Å². The summed E-state index contributed by atoms with van der Waals surface area (Å²) < 4.78 is 0. The first-order valence-corrected chi connectivity index (χ1v) is 7.69. The number of nitrogens with zero attached hydrogens (tertiary/aromatic N) is 1. The second-order valence-corrected chi connectivity index (χ2v) is 5.43. The molecule has 0 saturated heterocycles. The average molecular weight is 295 g/mol. The first kappa shape index (κ1) is 13.6. The van der Waals surface area contributed by atoms with Crippen LogP contribution in [0.15, 0.2) is 59.5 Å². The molecule has 2 aromatic carbocycles. The number of carboxylic acids is 1. The summed E-state index contributed by atoms with van der Waals surface area (Å²) in [5.74, 6) is -0.934. The molecule has 0 atom stereocenters. The monoisotopic (exact) mass is 295 g/mol. The highest BCUT2D eigenvalue weighted by molar-refractivity contribution is 7.98. The van der Waals surface area contributed by atoms with Gasteiger partial charge in [-0.1, -0.05) is 36.4 Å². The highest BCUT2D eigenvalue weighted by Gasteiger charge is 2.14. The van der Waals surface area contributed by atoms with Crippen LogP contribution in [-0.2, 0) is 0 Å². The van der Waals surface area contributed by atoms with E-state index in [-0.39, 0.29) is 5.56 Å². The molecule has 0 aliphatic carbocycles. The standard InChI is InChI=1S/C17H13NO2S/c1-21-16-9-5-3-7-12(16)15-10-13(17(19)20)11-6-2-4-8-14(11)18-15/h2-10H,1H3,(H,19,20). The number of carbonyl (C=O) groups is 1. The molecule has 0 saturated carbocycles. The Morgan fingerprint density at radius 2 is 1.81 bits per heavy atom. The zero-order valence-corrected chi connectivity index (χ0v) is 12.2. The van der Waals surface area contributed by atoms with Gasteiger partial charge in [0, 0.05) is 15.8 Å². The minimum absolute atomic E-state index is 0.284. The summed E-state index contributed by atoms with van der Waals surface area (Å²) >= 11 is 1.62. The van der Waals surface area contributed by atoms with E-state index < -0.39 is 5.97 Å². The lowest BCUT2D eigenvalue weighted by molar-refractivity contribution is 0.0699. The van der Waals surface area contributed by atoms with Crippen molar-refractivity contribution in [2.45, 2.75) is 4.90 Å². The quantitative estimate of drug-likeness (QED) is 0.731. The first-order valence-electron chi connectivity index (χ1n) is 6.47. The van der Waals surface area contributed by atoms with E-state index in [2.05, 4.69) is 4.98 Å². The number of hydrogen-bond acceptors (Lipinski definition) is 3. The normalized spacial score (nSPS) is 10.7. The predicted octanol–water partition coefficient (Wildman–Crippen LogP) is 4.32. The Morgan fingerprint density at radius 3 is 2.57 bits per heavy atom. The summed E-state index contributed by atoms with van der Waals surface area (Å²) in [5, 5.41) is 10.1. The number of carboxylic acid groups (broad SMARTS) is 1. The average Bonchev–Trinajstić information content (AvgIpc) is 2.53. The molecule has 3 nitrogen and oxygen atoms in total. The van der Waals surface area contributed by atoms with Crippen LogP contribution >= 0.6 is 11.8 Å². The van der Waals surface area contributed by atoms with Crippen LogP contribution in [0.1, 0.15) is 10.4 Å². The van der Waals surface area contributed by atoms with Crippen molar-refractivity contribution in [3.8, 4) is 11.3 Å². The molecule has 0 bridgehead atoms. The summed E-state index contributed by atoms with van der Waals surface area (Å²) in [6.07, 6.45) is 2.00. The molecule has 1 aromatic heterocycles. The zero-order chi connectivity index (χ0) is 14.8. The molecule has 21 heavy (non-hydrogen) atoms. The van der Waals surface area contributed by atoms with Gasteiger partial charge in [0.1, 0.15) is 0 Å². The Labute approximate surface area is 126 Å². The van der Waals surface area contributed by atoms with Gasteiger partial charge in [0.05, 0.1) is 16.8 Å². The first-order chi connectivity index (χ1) is 10.2. The molecule has 3 aromatic rings. The molecule has 0 aliphatic heterocycles. The molecule has 0 radical (unpaired) electrons. The maximum absolute atomic E-state index is 11.5. The molecule has 0 unspecified atom stereocenters. The van der Waals surface area contributed by atoms with Crippen molar-refractivity contribution in [3.05, 3.63) is 60.2 Å². The van der Waals surface area contributed by atoms with Gasteiger partial charge in [0.2, 0.25) is 0 Å². The van der Waals surface area contributed by atoms with Gasteiger partial charge in [-0.05, 0) is 24.5 Å². The van der Waals surface area contributed by atoms with E-state index in [4.69, 9.17) is 0 Å². The molecule has 104 valence electrons. The smallest absolute Gasteiger partial charge is 0.336 e. The predicted molar refractivity (Wildman–Crippen MR) is 85.9 cm³/mol. The molecule has 1 N–H and O–H groups in total. The maximum Gasteiger partial charge on any atom is 0.336 e. The number of rotatable bonds is 3. The van der Waals surface area contributed by atoms with Gasteiger partial charge in [-0.25, -0.2) is 9.78 Å². The fourth-order valence-corrected chi connectivity index (χ4v) is 2.95. The van der Waals surface area contributed by atoms with Crippen molar-refractivity contribution in [2.75, 3.05) is 6.26 Å². The van der Waals surface area contributed by atoms with Crippen molar-refractivity contribution >= 4 is 28.6 Å². The summed E-state index contributed by atoms with van der Waals surface area (Å²) in [6, 6.07) is 16.9. The topological polar surface area (TPSA) is 50.2 Å². The van der Waals surface area contributed by atoms with Gasteiger partial charge in [0.15, 0.2) is 0 Å². The third-order valence-electron chi connectivity index (χ3n) is 3.33. The molecular weight excluding hydrogens is 282 g/mol. The third kappa shape index (κ3) is 2.50. The largest absolute Gasteiger partial charge is 0.478 e. The fraction of sp³-hybridized carbons (Fsp3) is 0.0588. The van der Waals surface area contributed by atoms with E-state index in [1.807, 2.05) is 48.7 Å². The Bertz CT molecular complexity index is 830. The Hall–Kier alpha value is -2.33. The van der Waals surface area contributed by atoms with Crippen LogP contribution in [0, 0.1) is 0 Å². The minimum Gasteiger partial charge on any atom is -0.478 e. The fourth-order valence-electron chi connectivity index (χ4n) is 2.35. The van der Waals surface area contributed by atoms with Crippen molar-refractivity contribution < 1.29 is 9.90 Å². The molecule has 1 heterocycles. The highest BCUT2D eigenvalue weighted by atomic mass is 32.2. The maximum atomic E-state index is 11.5. The molecule has 0 aliphatic rings. The van der Waals surface area contributed by atoms with E-state index in [1.165, 1.54) is 0 Å². The van der Waals surface area contributed by atoms with Gasteiger partial charge >= 0.3 is 5.97 Å². The summed E-state index contributed by atoms with van der Waals surface area (Å²) in [4.78, 5) is 17.2. The van der Waals surface area contributed by atoms with Crippen LogP contribution in [0.25, 0.3) is 22.2 Å². The molecule has 0 spiro atoms. The van der Waals surface area contributed by atoms with E-state index in [1.54, 1.807) is 23.9 Å². The summed E-state index contributed by atoms with van der Waals surface area (Å²) in [6.45, 7) is 0. The van der Waals surface area contributed by atoms with E-state index in [9.17, 15) is 9.90 Å². The van der Waals surface area contributed by atoms with Gasteiger partial charge in [0.25, 0.3) is 0 Å². The summed E-state index contributed by atoms with van der Waals surface area (Å²) in [5.41, 5.74) is 2.63. The Morgan fingerprint density at radius 1 is 1.10 bits per heavy atom. The molecule has 4 heteroatoms. The zero-order valence-electron chi connectivity index (χ0n) is 11.4. The van der Waals surface area contributed by atoms with Crippen LogP contribution in [0.2, 0.25) is 0 Å². The lowest BCUT2D eigenvalue weighted by Crippen LogP contribution is -2.00. The van der Waals surface area contributed by atoms with Gasteiger partial charge in [-0.2, -0.15) is 0 Å². The summed E-state index contributed by atoms with van der Waals surface area (Å²) in [7, 11) is 0. The number of para-hydroxylation sites is 1. The van der Waals surface area contributed by atoms with E-state index >= 15 is 0 Å². The van der Waals surface area contributed by atoms with Gasteiger partial charge < -0.3 is 5.11 Å². The Balaban J connectivity index is 2.31. The van der Waals surface area contributed by atoms with Crippen molar-refractivity contribution in [3.63, 3.8) is 0 Å². The number of pyridine rings is 1. The SMILES string of the molecule is CSc1ccccc1-c1cc(C(=O)O)c2ccccc2n1. The third-order valence-corrected chi connectivity index (χ3v) is 4.13. The molecular formula is C17H13NO2S. The molecule has 3 rings (SSSR count). The van der Waals surface area contributed by atoms with Crippen LogP contribution in [-0.4, -0.2) is 22.3 Å². The van der Waals surface area contributed by atoms with Crippen LogP contribution < -0.4 is 0 Å². The lowest BCUT2D eigenvalue weighted by atomic mass is 10.0. The van der Waals surface area contributed by atoms with Crippen molar-refractivity contribution in [1.29, 1.82) is 0 Å². The van der Waals surface area contributed by atoms with E-state index in [0.29, 0.717) is 16.6 Å². The minimum atomic E-state index is -0.934. The second kappa shape index (κ2) is 5.58. The number of aromatic nitrogens is 1.